The third kappa shape index (κ3) is 4.65. The normalized spacial score (nSPS) is 10.7. The van der Waals surface area contributed by atoms with Crippen molar-refractivity contribution < 1.29 is 9.53 Å². The summed E-state index contributed by atoms with van der Waals surface area (Å²) in [7, 11) is 1.61. The highest BCUT2D eigenvalue weighted by molar-refractivity contribution is 5.92. The molecule has 3 rings (SSSR count). The first kappa shape index (κ1) is 19.4. The zero-order chi connectivity index (χ0) is 20.1. The van der Waals surface area contributed by atoms with Gasteiger partial charge in [0.05, 0.1) is 5.69 Å². The first-order chi connectivity index (χ1) is 13.4. The van der Waals surface area contributed by atoms with Gasteiger partial charge in [-0.1, -0.05) is 44.2 Å². The summed E-state index contributed by atoms with van der Waals surface area (Å²) in [5.74, 6) is 0.813. The summed E-state index contributed by atoms with van der Waals surface area (Å²) in [6.07, 6.45) is 0. The van der Waals surface area contributed by atoms with Gasteiger partial charge in [-0.2, -0.15) is 5.10 Å². The lowest BCUT2D eigenvalue weighted by molar-refractivity contribution is -0.118. The van der Waals surface area contributed by atoms with Crippen LogP contribution in [0.4, 0.5) is 5.69 Å². The van der Waals surface area contributed by atoms with Crippen molar-refractivity contribution in [2.75, 3.05) is 11.9 Å². The minimum Gasteiger partial charge on any atom is -0.483 e. The molecule has 0 saturated heterocycles. The number of amides is 1. The van der Waals surface area contributed by atoms with Crippen LogP contribution in [0.5, 0.6) is 5.75 Å². The summed E-state index contributed by atoms with van der Waals surface area (Å²) >= 11 is 0. The molecule has 6 nitrogen and oxygen atoms in total. The number of aryl methyl sites for hydroxylation is 1. The van der Waals surface area contributed by atoms with Gasteiger partial charge in [-0.3, -0.25) is 9.59 Å². The topological polar surface area (TPSA) is 73.2 Å². The Labute approximate surface area is 163 Å². The lowest BCUT2D eigenvalue weighted by atomic mass is 10.0. The van der Waals surface area contributed by atoms with Crippen molar-refractivity contribution in [2.45, 2.75) is 19.8 Å². The number of aromatic nitrogens is 2. The molecule has 0 aliphatic carbocycles. The highest BCUT2D eigenvalue weighted by atomic mass is 16.5. The van der Waals surface area contributed by atoms with E-state index >= 15 is 0 Å². The minimum absolute atomic E-state index is 0.0617. The summed E-state index contributed by atoms with van der Waals surface area (Å²) < 4.78 is 6.98. The van der Waals surface area contributed by atoms with Gasteiger partial charge >= 0.3 is 0 Å². The molecule has 28 heavy (non-hydrogen) atoms. The SMILES string of the molecule is CC(C)c1ccccc1OCC(=O)Nc1ccc(-c2ccc(=O)n(C)n2)cc1. The van der Waals surface area contributed by atoms with E-state index in [1.54, 1.807) is 25.2 Å². The number of hydrogen-bond donors (Lipinski definition) is 1. The highest BCUT2D eigenvalue weighted by Crippen LogP contribution is 2.25. The van der Waals surface area contributed by atoms with E-state index < -0.39 is 0 Å². The molecule has 0 aliphatic heterocycles. The van der Waals surface area contributed by atoms with E-state index in [-0.39, 0.29) is 18.1 Å². The molecule has 2 aromatic carbocycles. The van der Waals surface area contributed by atoms with E-state index in [0.29, 0.717) is 17.3 Å². The maximum atomic E-state index is 12.2. The molecule has 1 aromatic heterocycles. The first-order valence-corrected chi connectivity index (χ1v) is 9.10. The molecule has 144 valence electrons. The largest absolute Gasteiger partial charge is 0.483 e. The molecular weight excluding hydrogens is 354 g/mol. The van der Waals surface area contributed by atoms with E-state index in [2.05, 4.69) is 24.3 Å². The molecule has 0 unspecified atom stereocenters. The molecule has 0 atom stereocenters. The number of carbonyl (C=O) groups excluding carboxylic acids is 1. The minimum atomic E-state index is -0.230. The number of rotatable bonds is 6. The average molecular weight is 377 g/mol. The maximum Gasteiger partial charge on any atom is 0.266 e. The number of anilines is 1. The van der Waals surface area contributed by atoms with Crippen LogP contribution in [0, 0.1) is 0 Å². The Bertz CT molecular complexity index is 1020. The monoisotopic (exact) mass is 377 g/mol. The Morgan fingerprint density at radius 3 is 2.46 bits per heavy atom. The highest BCUT2D eigenvalue weighted by Gasteiger charge is 2.10. The van der Waals surface area contributed by atoms with Gasteiger partial charge in [0.2, 0.25) is 0 Å². The molecule has 0 radical (unpaired) electrons. The van der Waals surface area contributed by atoms with Crippen molar-refractivity contribution in [3.63, 3.8) is 0 Å². The molecule has 0 fully saturated rings. The molecule has 0 bridgehead atoms. The first-order valence-electron chi connectivity index (χ1n) is 9.10. The Morgan fingerprint density at radius 2 is 1.79 bits per heavy atom. The van der Waals surface area contributed by atoms with Gasteiger partial charge in [0.15, 0.2) is 6.61 Å². The number of ether oxygens (including phenoxy) is 1. The van der Waals surface area contributed by atoms with Gasteiger partial charge in [0, 0.05) is 24.4 Å². The van der Waals surface area contributed by atoms with Crippen LogP contribution < -0.4 is 15.6 Å². The van der Waals surface area contributed by atoms with E-state index in [1.165, 1.54) is 10.7 Å². The molecule has 6 heteroatoms. The van der Waals surface area contributed by atoms with Crippen LogP contribution in [-0.4, -0.2) is 22.3 Å². The number of para-hydroxylation sites is 1. The van der Waals surface area contributed by atoms with Crippen molar-refractivity contribution in [2.24, 2.45) is 7.05 Å². The van der Waals surface area contributed by atoms with Crippen molar-refractivity contribution in [3.8, 4) is 17.0 Å². The summed E-state index contributed by atoms with van der Waals surface area (Å²) in [6, 6.07) is 18.2. The van der Waals surface area contributed by atoms with E-state index in [1.807, 2.05) is 36.4 Å². The predicted octanol–water partition coefficient (Wildman–Crippen LogP) is 3.59. The lowest BCUT2D eigenvalue weighted by Crippen LogP contribution is -2.20. The van der Waals surface area contributed by atoms with Crippen LogP contribution >= 0.6 is 0 Å². The molecule has 1 amide bonds. The Hall–Kier alpha value is -3.41. The second-order valence-corrected chi connectivity index (χ2v) is 6.79. The van der Waals surface area contributed by atoms with Crippen molar-refractivity contribution in [3.05, 3.63) is 76.6 Å². The smallest absolute Gasteiger partial charge is 0.266 e. The summed E-state index contributed by atoms with van der Waals surface area (Å²) in [4.78, 5) is 23.7. The molecule has 0 spiro atoms. The van der Waals surface area contributed by atoms with Crippen molar-refractivity contribution >= 4 is 11.6 Å². The summed E-state index contributed by atoms with van der Waals surface area (Å²) in [5, 5.41) is 7.04. The zero-order valence-electron chi connectivity index (χ0n) is 16.2. The fourth-order valence-electron chi connectivity index (χ4n) is 2.81. The quantitative estimate of drug-likeness (QED) is 0.712. The number of benzene rings is 2. The number of hydrogen-bond acceptors (Lipinski definition) is 4. The molecule has 0 aliphatic rings. The van der Waals surface area contributed by atoms with Gasteiger partial charge in [-0.25, -0.2) is 4.68 Å². The number of nitrogens with zero attached hydrogens (tertiary/aromatic N) is 2. The van der Waals surface area contributed by atoms with Gasteiger partial charge in [0.1, 0.15) is 5.75 Å². The van der Waals surface area contributed by atoms with Crippen LogP contribution in [0.1, 0.15) is 25.3 Å². The summed E-state index contributed by atoms with van der Waals surface area (Å²) in [6.45, 7) is 4.11. The van der Waals surface area contributed by atoms with E-state index in [0.717, 1.165) is 16.9 Å². The molecule has 0 saturated carbocycles. The van der Waals surface area contributed by atoms with Crippen LogP contribution in [0.15, 0.2) is 65.5 Å². The molecular formula is C22H23N3O3. The molecule has 1 heterocycles. The Kier molecular flexibility index (Phi) is 5.89. The van der Waals surface area contributed by atoms with Crippen LogP contribution in [0.2, 0.25) is 0 Å². The van der Waals surface area contributed by atoms with Gasteiger partial charge in [-0.05, 0) is 35.7 Å². The average Bonchev–Trinajstić information content (AvgIpc) is 2.69. The molecule has 1 N–H and O–H groups in total. The van der Waals surface area contributed by atoms with E-state index in [4.69, 9.17) is 4.74 Å². The van der Waals surface area contributed by atoms with E-state index in [9.17, 15) is 9.59 Å². The maximum absolute atomic E-state index is 12.2. The third-order valence-electron chi connectivity index (χ3n) is 4.32. The second-order valence-electron chi connectivity index (χ2n) is 6.79. The number of nitrogens with one attached hydrogen (secondary N) is 1. The second kappa shape index (κ2) is 8.52. The van der Waals surface area contributed by atoms with Crippen molar-refractivity contribution in [1.82, 2.24) is 9.78 Å². The van der Waals surface area contributed by atoms with Crippen LogP contribution in [-0.2, 0) is 11.8 Å². The van der Waals surface area contributed by atoms with Gasteiger partial charge < -0.3 is 10.1 Å². The van der Waals surface area contributed by atoms with Gasteiger partial charge in [-0.15, -0.1) is 0 Å². The fourth-order valence-corrected chi connectivity index (χ4v) is 2.81. The Balaban J connectivity index is 1.62. The third-order valence-corrected chi connectivity index (χ3v) is 4.32. The standard InChI is InChI=1S/C22H23N3O3/c1-15(2)18-6-4-5-7-20(18)28-14-21(26)23-17-10-8-16(9-11-17)19-12-13-22(27)25(3)24-19/h4-13,15H,14H2,1-3H3,(H,23,26). The zero-order valence-corrected chi connectivity index (χ0v) is 16.2. The molecule has 3 aromatic rings. The fraction of sp³-hybridized carbons (Fsp3) is 0.227. The summed E-state index contributed by atoms with van der Waals surface area (Å²) in [5.41, 5.74) is 3.12. The lowest BCUT2D eigenvalue weighted by Gasteiger charge is -2.13. The predicted molar refractivity (Wildman–Crippen MR) is 110 cm³/mol. The number of carbonyl (C=O) groups is 1. The van der Waals surface area contributed by atoms with Crippen LogP contribution in [0.25, 0.3) is 11.3 Å². The van der Waals surface area contributed by atoms with Crippen molar-refractivity contribution in [1.29, 1.82) is 0 Å². The van der Waals surface area contributed by atoms with Gasteiger partial charge in [0.25, 0.3) is 11.5 Å². The van der Waals surface area contributed by atoms with Crippen LogP contribution in [0.3, 0.4) is 0 Å². The Morgan fingerprint density at radius 1 is 1.07 bits per heavy atom.